The minimum atomic E-state index is -0.442. The number of ether oxygens (including phenoxy) is 1. The zero-order chi connectivity index (χ0) is 19.2. The Morgan fingerprint density at radius 3 is 2.96 bits per heavy atom. The van der Waals surface area contributed by atoms with Gasteiger partial charge in [-0.1, -0.05) is 31.9 Å². The number of anilines is 1. The molecule has 6 heteroatoms. The molecule has 146 valence electrons. The summed E-state index contributed by atoms with van der Waals surface area (Å²) < 4.78 is 7.80. The van der Waals surface area contributed by atoms with Gasteiger partial charge in [-0.2, -0.15) is 5.10 Å². The van der Waals surface area contributed by atoms with Crippen LogP contribution in [0.15, 0.2) is 36.7 Å². The second kappa shape index (κ2) is 9.15. The highest BCUT2D eigenvalue weighted by molar-refractivity contribution is 5.95. The molecule has 1 aliphatic carbocycles. The summed E-state index contributed by atoms with van der Waals surface area (Å²) in [7, 11) is 3.61. The Morgan fingerprint density at radius 1 is 1.41 bits per heavy atom. The van der Waals surface area contributed by atoms with Gasteiger partial charge in [0.15, 0.2) is 0 Å². The fraction of sp³-hybridized carbons (Fsp3) is 0.524. The molecule has 3 atom stereocenters. The van der Waals surface area contributed by atoms with Gasteiger partial charge >= 0.3 is 0 Å². The van der Waals surface area contributed by atoms with Crippen molar-refractivity contribution in [1.29, 1.82) is 0 Å². The molecule has 3 unspecified atom stereocenters. The molecule has 0 saturated heterocycles. The molecule has 1 saturated carbocycles. The van der Waals surface area contributed by atoms with Gasteiger partial charge in [0.1, 0.15) is 6.04 Å². The molecule has 1 amide bonds. The second-order valence-electron chi connectivity index (χ2n) is 7.56. The highest BCUT2D eigenvalue weighted by atomic mass is 16.5. The first-order valence-corrected chi connectivity index (χ1v) is 9.72. The van der Waals surface area contributed by atoms with Gasteiger partial charge in [-0.3, -0.25) is 9.48 Å². The Balaban J connectivity index is 1.58. The summed E-state index contributed by atoms with van der Waals surface area (Å²) in [5.41, 5.74) is 2.69. The van der Waals surface area contributed by atoms with E-state index in [9.17, 15) is 4.79 Å². The van der Waals surface area contributed by atoms with Crippen LogP contribution in [0.5, 0.6) is 0 Å². The summed E-state index contributed by atoms with van der Waals surface area (Å²) in [6.45, 7) is 2.88. The molecular formula is C21H30N4O2. The number of carbonyl (C=O) groups excluding carboxylic acids is 1. The zero-order valence-corrected chi connectivity index (χ0v) is 16.4. The van der Waals surface area contributed by atoms with Gasteiger partial charge < -0.3 is 15.4 Å². The Kier molecular flexibility index (Phi) is 6.63. The summed E-state index contributed by atoms with van der Waals surface area (Å²) in [5, 5.41) is 10.2. The van der Waals surface area contributed by atoms with E-state index in [1.54, 1.807) is 17.9 Å². The fourth-order valence-electron chi connectivity index (χ4n) is 3.74. The predicted octanol–water partition coefficient (Wildman–Crippen LogP) is 3.41. The SMILES string of the molecule is CNC(C(=O)Nc1cccc(COC2CCCC(C)C2)c1)c1cnn(C)c1. The predicted molar refractivity (Wildman–Crippen MR) is 106 cm³/mol. The summed E-state index contributed by atoms with van der Waals surface area (Å²) in [6, 6.07) is 7.44. The molecule has 0 aliphatic heterocycles. The Labute approximate surface area is 161 Å². The van der Waals surface area contributed by atoms with Crippen LogP contribution in [0.4, 0.5) is 5.69 Å². The molecular weight excluding hydrogens is 340 g/mol. The van der Waals surface area contributed by atoms with E-state index in [2.05, 4.69) is 22.7 Å². The van der Waals surface area contributed by atoms with Gasteiger partial charge in [0.2, 0.25) is 5.91 Å². The van der Waals surface area contributed by atoms with Crippen LogP contribution in [0.3, 0.4) is 0 Å². The number of rotatable bonds is 7. The maximum absolute atomic E-state index is 12.7. The normalized spacial score (nSPS) is 21.0. The minimum Gasteiger partial charge on any atom is -0.374 e. The number of hydrogen-bond donors (Lipinski definition) is 2. The van der Waals surface area contributed by atoms with E-state index in [0.717, 1.165) is 35.6 Å². The quantitative estimate of drug-likeness (QED) is 0.784. The summed E-state index contributed by atoms with van der Waals surface area (Å²) in [4.78, 5) is 12.7. The number of aryl methyl sites for hydroxylation is 1. The minimum absolute atomic E-state index is 0.107. The third kappa shape index (κ3) is 5.40. The zero-order valence-electron chi connectivity index (χ0n) is 16.4. The number of carbonyl (C=O) groups is 1. The van der Waals surface area contributed by atoms with E-state index in [1.807, 2.05) is 37.5 Å². The smallest absolute Gasteiger partial charge is 0.246 e. The number of aromatic nitrogens is 2. The van der Waals surface area contributed by atoms with Crippen molar-refractivity contribution in [3.63, 3.8) is 0 Å². The van der Waals surface area contributed by atoms with Gasteiger partial charge in [0.05, 0.1) is 18.9 Å². The Bertz CT molecular complexity index is 758. The van der Waals surface area contributed by atoms with Gasteiger partial charge in [-0.15, -0.1) is 0 Å². The molecule has 1 fully saturated rings. The van der Waals surface area contributed by atoms with Crippen molar-refractivity contribution in [2.75, 3.05) is 12.4 Å². The first-order chi connectivity index (χ1) is 13.0. The van der Waals surface area contributed by atoms with Crippen molar-refractivity contribution in [2.45, 2.75) is 51.4 Å². The number of benzene rings is 1. The first-order valence-electron chi connectivity index (χ1n) is 9.72. The largest absolute Gasteiger partial charge is 0.374 e. The van der Waals surface area contributed by atoms with Crippen LogP contribution in [0.25, 0.3) is 0 Å². The maximum Gasteiger partial charge on any atom is 0.246 e. The van der Waals surface area contributed by atoms with E-state index in [1.165, 1.54) is 12.8 Å². The molecule has 0 radical (unpaired) electrons. The van der Waals surface area contributed by atoms with Crippen LogP contribution in [0.1, 0.15) is 49.8 Å². The van der Waals surface area contributed by atoms with Crippen LogP contribution in [-0.4, -0.2) is 28.8 Å². The van der Waals surface area contributed by atoms with Gasteiger partial charge in [0, 0.05) is 24.5 Å². The van der Waals surface area contributed by atoms with Gasteiger partial charge in [-0.05, 0) is 43.5 Å². The van der Waals surface area contributed by atoms with Crippen LogP contribution in [-0.2, 0) is 23.2 Å². The fourth-order valence-corrected chi connectivity index (χ4v) is 3.74. The molecule has 27 heavy (non-hydrogen) atoms. The van der Waals surface area contributed by atoms with Crippen LogP contribution in [0.2, 0.25) is 0 Å². The van der Waals surface area contributed by atoms with Crippen LogP contribution in [0, 0.1) is 5.92 Å². The van der Waals surface area contributed by atoms with E-state index < -0.39 is 6.04 Å². The van der Waals surface area contributed by atoms with Crippen molar-refractivity contribution in [1.82, 2.24) is 15.1 Å². The molecule has 3 rings (SSSR count). The topological polar surface area (TPSA) is 68.2 Å². The van der Waals surface area contributed by atoms with Gasteiger partial charge in [0.25, 0.3) is 0 Å². The second-order valence-corrected chi connectivity index (χ2v) is 7.56. The standard InChI is InChI=1S/C21H30N4O2/c1-15-6-4-9-19(10-15)27-14-16-7-5-8-18(11-16)24-21(26)20(22-2)17-12-23-25(3)13-17/h5,7-8,11-13,15,19-20,22H,4,6,9-10,14H2,1-3H3,(H,24,26). The van der Waals surface area contributed by atoms with Crippen LogP contribution >= 0.6 is 0 Å². The van der Waals surface area contributed by atoms with Crippen LogP contribution < -0.4 is 10.6 Å². The molecule has 1 aromatic heterocycles. The van der Waals surface area contributed by atoms with Crippen molar-refractivity contribution < 1.29 is 9.53 Å². The number of amides is 1. The van der Waals surface area contributed by atoms with Gasteiger partial charge in [-0.25, -0.2) is 0 Å². The highest BCUT2D eigenvalue weighted by Crippen LogP contribution is 2.26. The molecule has 1 aromatic carbocycles. The van der Waals surface area contributed by atoms with Crippen molar-refractivity contribution in [3.8, 4) is 0 Å². The first kappa shape index (κ1) is 19.6. The average molecular weight is 370 g/mol. The number of likely N-dealkylation sites (N-methyl/N-ethyl adjacent to an activating group) is 1. The third-order valence-corrected chi connectivity index (χ3v) is 5.18. The molecule has 6 nitrogen and oxygen atoms in total. The summed E-state index contributed by atoms with van der Waals surface area (Å²) >= 11 is 0. The maximum atomic E-state index is 12.7. The Hall–Kier alpha value is -2.18. The van der Waals surface area contributed by atoms with E-state index >= 15 is 0 Å². The number of nitrogens with one attached hydrogen (secondary N) is 2. The molecule has 1 heterocycles. The van der Waals surface area contributed by atoms with Crippen molar-refractivity contribution in [3.05, 3.63) is 47.8 Å². The lowest BCUT2D eigenvalue weighted by Crippen LogP contribution is -2.30. The molecule has 1 aliphatic rings. The average Bonchev–Trinajstić information content (AvgIpc) is 3.07. The summed E-state index contributed by atoms with van der Waals surface area (Å²) in [5.74, 6) is 0.644. The summed E-state index contributed by atoms with van der Waals surface area (Å²) in [6.07, 6.45) is 8.76. The molecule has 0 spiro atoms. The third-order valence-electron chi connectivity index (χ3n) is 5.18. The Morgan fingerprint density at radius 2 is 2.26 bits per heavy atom. The van der Waals surface area contributed by atoms with E-state index in [0.29, 0.717) is 12.7 Å². The molecule has 2 N–H and O–H groups in total. The van der Waals surface area contributed by atoms with Crippen molar-refractivity contribution >= 4 is 11.6 Å². The highest BCUT2D eigenvalue weighted by Gasteiger charge is 2.21. The lowest BCUT2D eigenvalue weighted by molar-refractivity contribution is -0.118. The lowest BCUT2D eigenvalue weighted by Gasteiger charge is -2.26. The molecule has 0 bridgehead atoms. The number of hydrogen-bond acceptors (Lipinski definition) is 4. The van der Waals surface area contributed by atoms with E-state index in [-0.39, 0.29) is 5.91 Å². The monoisotopic (exact) mass is 370 g/mol. The lowest BCUT2D eigenvalue weighted by atomic mass is 9.89. The molecule has 2 aromatic rings. The number of nitrogens with zero attached hydrogens (tertiary/aromatic N) is 2. The van der Waals surface area contributed by atoms with Crippen molar-refractivity contribution in [2.24, 2.45) is 13.0 Å². The van der Waals surface area contributed by atoms with E-state index in [4.69, 9.17) is 4.74 Å².